The first-order chi connectivity index (χ1) is 9.13. The zero-order valence-corrected chi connectivity index (χ0v) is 10.3. The quantitative estimate of drug-likeness (QED) is 0.678. The van der Waals surface area contributed by atoms with Crippen molar-refractivity contribution in [3.8, 4) is 0 Å². The fourth-order valence-electron chi connectivity index (χ4n) is 1.71. The van der Waals surface area contributed by atoms with Crippen molar-refractivity contribution in [1.82, 2.24) is 0 Å². The van der Waals surface area contributed by atoms with Crippen LogP contribution in [0.1, 0.15) is 11.1 Å². The SMILES string of the molecule is Nc1cccc(CC(=O)OCc2cccc(F)c2)c1. The van der Waals surface area contributed by atoms with E-state index in [1.165, 1.54) is 12.1 Å². The number of nitrogens with two attached hydrogens (primary N) is 1. The molecule has 0 aliphatic carbocycles. The number of hydrogen-bond acceptors (Lipinski definition) is 3. The molecule has 0 bridgehead atoms. The van der Waals surface area contributed by atoms with Crippen LogP contribution in [0.2, 0.25) is 0 Å². The van der Waals surface area contributed by atoms with Crippen LogP contribution >= 0.6 is 0 Å². The Morgan fingerprint density at radius 2 is 1.84 bits per heavy atom. The van der Waals surface area contributed by atoms with E-state index in [1.807, 2.05) is 0 Å². The van der Waals surface area contributed by atoms with Gasteiger partial charge in [0.1, 0.15) is 12.4 Å². The molecule has 0 unspecified atom stereocenters. The Morgan fingerprint density at radius 3 is 2.58 bits per heavy atom. The number of nitrogen functional groups attached to an aromatic ring is 1. The van der Waals surface area contributed by atoms with E-state index in [4.69, 9.17) is 10.5 Å². The molecule has 0 spiro atoms. The van der Waals surface area contributed by atoms with E-state index >= 15 is 0 Å². The second kappa shape index (κ2) is 6.00. The van der Waals surface area contributed by atoms with Gasteiger partial charge in [0.2, 0.25) is 0 Å². The molecule has 2 aromatic carbocycles. The minimum Gasteiger partial charge on any atom is -0.461 e. The standard InChI is InChI=1S/C15H14FNO2/c16-13-5-1-4-12(7-13)10-19-15(18)9-11-3-2-6-14(17)8-11/h1-8H,9-10,17H2. The highest BCUT2D eigenvalue weighted by molar-refractivity contribution is 5.73. The molecule has 0 radical (unpaired) electrons. The van der Waals surface area contributed by atoms with E-state index in [0.717, 1.165) is 5.56 Å². The largest absolute Gasteiger partial charge is 0.461 e. The van der Waals surface area contributed by atoms with Crippen LogP contribution in [0, 0.1) is 5.82 Å². The van der Waals surface area contributed by atoms with Crippen molar-refractivity contribution in [2.75, 3.05) is 5.73 Å². The molecule has 2 aromatic rings. The van der Waals surface area contributed by atoms with Crippen molar-refractivity contribution in [3.05, 3.63) is 65.5 Å². The Bertz CT molecular complexity index is 584. The van der Waals surface area contributed by atoms with Crippen LogP contribution in [0.3, 0.4) is 0 Å². The molecule has 2 rings (SSSR count). The third-order valence-corrected chi connectivity index (χ3v) is 2.59. The van der Waals surface area contributed by atoms with Gasteiger partial charge >= 0.3 is 5.97 Å². The summed E-state index contributed by atoms with van der Waals surface area (Å²) in [6, 6.07) is 13.0. The smallest absolute Gasteiger partial charge is 0.310 e. The fraction of sp³-hybridized carbons (Fsp3) is 0.133. The van der Waals surface area contributed by atoms with Crippen molar-refractivity contribution in [1.29, 1.82) is 0 Å². The van der Waals surface area contributed by atoms with E-state index in [1.54, 1.807) is 36.4 Å². The molecule has 0 amide bonds. The Kier molecular flexibility index (Phi) is 4.13. The summed E-state index contributed by atoms with van der Waals surface area (Å²) in [6.07, 6.45) is 0.153. The maximum absolute atomic E-state index is 12.9. The van der Waals surface area contributed by atoms with Crippen molar-refractivity contribution in [3.63, 3.8) is 0 Å². The van der Waals surface area contributed by atoms with Crippen LogP contribution in [-0.4, -0.2) is 5.97 Å². The molecule has 0 atom stereocenters. The molecule has 98 valence electrons. The Balaban J connectivity index is 1.88. The Labute approximate surface area is 110 Å². The summed E-state index contributed by atoms with van der Waals surface area (Å²) in [7, 11) is 0. The summed E-state index contributed by atoms with van der Waals surface area (Å²) in [5.74, 6) is -0.709. The summed E-state index contributed by atoms with van der Waals surface area (Å²) >= 11 is 0. The zero-order chi connectivity index (χ0) is 13.7. The first-order valence-corrected chi connectivity index (χ1v) is 5.88. The average molecular weight is 259 g/mol. The molecule has 0 aromatic heterocycles. The molecule has 4 heteroatoms. The van der Waals surface area contributed by atoms with Crippen LogP contribution in [0.5, 0.6) is 0 Å². The van der Waals surface area contributed by atoms with Crippen molar-refractivity contribution >= 4 is 11.7 Å². The molecule has 0 heterocycles. The lowest BCUT2D eigenvalue weighted by Gasteiger charge is -2.05. The normalized spacial score (nSPS) is 10.2. The van der Waals surface area contributed by atoms with Gasteiger partial charge in [-0.05, 0) is 35.4 Å². The van der Waals surface area contributed by atoms with Crippen molar-refractivity contribution in [2.24, 2.45) is 0 Å². The third-order valence-electron chi connectivity index (χ3n) is 2.59. The number of halogens is 1. The summed E-state index contributed by atoms with van der Waals surface area (Å²) < 4.78 is 18.0. The number of ether oxygens (including phenoxy) is 1. The maximum Gasteiger partial charge on any atom is 0.310 e. The fourth-order valence-corrected chi connectivity index (χ4v) is 1.71. The second-order valence-electron chi connectivity index (χ2n) is 4.21. The Hall–Kier alpha value is -2.36. The van der Waals surface area contributed by atoms with Crippen molar-refractivity contribution in [2.45, 2.75) is 13.0 Å². The van der Waals surface area contributed by atoms with Gasteiger partial charge in [-0.25, -0.2) is 4.39 Å². The molecule has 0 aliphatic rings. The topological polar surface area (TPSA) is 52.3 Å². The number of carbonyl (C=O) groups is 1. The van der Waals surface area contributed by atoms with Gasteiger partial charge in [0.25, 0.3) is 0 Å². The lowest BCUT2D eigenvalue weighted by Crippen LogP contribution is -2.08. The molecule has 0 aliphatic heterocycles. The monoisotopic (exact) mass is 259 g/mol. The first-order valence-electron chi connectivity index (χ1n) is 5.88. The van der Waals surface area contributed by atoms with Crippen LogP contribution < -0.4 is 5.73 Å². The first kappa shape index (κ1) is 13.1. The summed E-state index contributed by atoms with van der Waals surface area (Å²) in [5.41, 5.74) is 7.65. The van der Waals surface area contributed by atoms with E-state index in [2.05, 4.69) is 0 Å². The van der Waals surface area contributed by atoms with Gasteiger partial charge < -0.3 is 10.5 Å². The highest BCUT2D eigenvalue weighted by Gasteiger charge is 2.06. The highest BCUT2D eigenvalue weighted by Crippen LogP contribution is 2.09. The minimum absolute atomic E-state index is 0.0684. The molecule has 0 saturated heterocycles. The van der Waals surface area contributed by atoms with E-state index in [9.17, 15) is 9.18 Å². The number of anilines is 1. The molecule has 3 nitrogen and oxygen atoms in total. The van der Waals surface area contributed by atoms with E-state index in [-0.39, 0.29) is 24.8 Å². The van der Waals surface area contributed by atoms with Gasteiger partial charge in [-0.15, -0.1) is 0 Å². The molecule has 0 saturated carbocycles. The van der Waals surface area contributed by atoms with Crippen LogP contribution in [-0.2, 0) is 22.6 Å². The summed E-state index contributed by atoms with van der Waals surface area (Å²) in [5, 5.41) is 0. The average Bonchev–Trinajstić information content (AvgIpc) is 2.36. The molecule has 19 heavy (non-hydrogen) atoms. The maximum atomic E-state index is 12.9. The number of esters is 1. The minimum atomic E-state index is -0.366. The van der Waals surface area contributed by atoms with E-state index in [0.29, 0.717) is 11.3 Å². The van der Waals surface area contributed by atoms with Gasteiger partial charge in [0.15, 0.2) is 0 Å². The predicted octanol–water partition coefficient (Wildman–Crippen LogP) is 2.69. The van der Waals surface area contributed by atoms with Crippen LogP contribution in [0.15, 0.2) is 48.5 Å². The van der Waals surface area contributed by atoms with Crippen LogP contribution in [0.25, 0.3) is 0 Å². The molecular formula is C15H14FNO2. The van der Waals surface area contributed by atoms with Gasteiger partial charge in [-0.3, -0.25) is 4.79 Å². The molecule has 2 N–H and O–H groups in total. The number of hydrogen-bond donors (Lipinski definition) is 1. The predicted molar refractivity (Wildman–Crippen MR) is 70.8 cm³/mol. The van der Waals surface area contributed by atoms with Gasteiger partial charge in [-0.1, -0.05) is 24.3 Å². The highest BCUT2D eigenvalue weighted by atomic mass is 19.1. The summed E-state index contributed by atoms with van der Waals surface area (Å²) in [6.45, 7) is 0.0684. The second-order valence-corrected chi connectivity index (χ2v) is 4.21. The number of rotatable bonds is 4. The lowest BCUT2D eigenvalue weighted by molar-refractivity contribution is -0.144. The lowest BCUT2D eigenvalue weighted by atomic mass is 10.1. The number of benzene rings is 2. The third kappa shape index (κ3) is 4.10. The van der Waals surface area contributed by atoms with Crippen molar-refractivity contribution < 1.29 is 13.9 Å². The molecular weight excluding hydrogens is 245 g/mol. The van der Waals surface area contributed by atoms with E-state index < -0.39 is 0 Å². The zero-order valence-electron chi connectivity index (χ0n) is 10.3. The van der Waals surface area contributed by atoms with Gasteiger partial charge in [0.05, 0.1) is 6.42 Å². The molecule has 0 fully saturated rings. The summed E-state index contributed by atoms with van der Waals surface area (Å²) in [4.78, 5) is 11.6. The number of carbonyl (C=O) groups excluding carboxylic acids is 1. The van der Waals surface area contributed by atoms with Gasteiger partial charge in [0, 0.05) is 5.69 Å². The van der Waals surface area contributed by atoms with Gasteiger partial charge in [-0.2, -0.15) is 0 Å². The van der Waals surface area contributed by atoms with Crippen LogP contribution in [0.4, 0.5) is 10.1 Å². The Morgan fingerprint density at radius 1 is 1.11 bits per heavy atom.